The molecule has 0 saturated carbocycles. The Hall–Kier alpha value is -0.226. The van der Waals surface area contributed by atoms with E-state index < -0.39 is 16.6 Å². The molecule has 5 heteroatoms. The van der Waals surface area contributed by atoms with Crippen LogP contribution in [0.4, 0.5) is 0 Å². The molecule has 14 heavy (non-hydrogen) atoms. The zero-order valence-electron chi connectivity index (χ0n) is 9.89. The van der Waals surface area contributed by atoms with E-state index in [1.165, 1.54) is 0 Å². The second kappa shape index (κ2) is 5.61. The van der Waals surface area contributed by atoms with E-state index in [1.54, 1.807) is 6.08 Å². The Bertz CT molecular complexity index is 217. The van der Waals surface area contributed by atoms with Gasteiger partial charge in [-0.05, 0) is 45.2 Å². The van der Waals surface area contributed by atoms with Crippen molar-refractivity contribution >= 4 is 22.7 Å². The molecular weight excluding hydrogens is 210 g/mol. The number of hydrogen-bond acceptors (Lipinski definition) is 3. The first-order valence-electron chi connectivity index (χ1n) is 5.01. The predicted octanol–water partition coefficient (Wildman–Crippen LogP) is 2.77. The molecule has 3 nitrogen and oxygen atoms in total. The average Bonchev–Trinajstić information content (AvgIpc) is 1.93. The minimum atomic E-state index is -1.52. The molecule has 0 aromatic heterocycles. The van der Waals surface area contributed by atoms with Crippen LogP contribution >= 0.6 is 0 Å². The van der Waals surface area contributed by atoms with Gasteiger partial charge in [0.15, 0.2) is 16.6 Å². The first kappa shape index (κ1) is 13.8. The van der Waals surface area contributed by atoms with Crippen molar-refractivity contribution in [1.82, 2.24) is 0 Å². The van der Waals surface area contributed by atoms with Crippen molar-refractivity contribution in [3.05, 3.63) is 0 Å². The van der Waals surface area contributed by atoms with E-state index in [4.69, 9.17) is 4.12 Å². The zero-order valence-corrected chi connectivity index (χ0v) is 11.9. The summed E-state index contributed by atoms with van der Waals surface area (Å²) < 4.78 is 6.14. The summed E-state index contributed by atoms with van der Waals surface area (Å²) in [6, 6.07) is 1.07. The Balaban J connectivity index is 3.89. The highest BCUT2D eigenvalue weighted by atomic mass is 28.4. The van der Waals surface area contributed by atoms with Gasteiger partial charge in [0.25, 0.3) is 0 Å². The van der Waals surface area contributed by atoms with Crippen LogP contribution in [0.15, 0.2) is 4.99 Å². The van der Waals surface area contributed by atoms with Crippen molar-refractivity contribution in [2.24, 2.45) is 4.99 Å². The summed E-state index contributed by atoms with van der Waals surface area (Å²) in [5, 5.41) is 0. The largest absolute Gasteiger partial charge is 0.456 e. The highest BCUT2D eigenvalue weighted by Gasteiger charge is 2.28. The van der Waals surface area contributed by atoms with E-state index in [0.29, 0.717) is 6.54 Å². The fraction of sp³-hybridized carbons (Fsp3) is 0.889. The van der Waals surface area contributed by atoms with Crippen LogP contribution in [0.5, 0.6) is 0 Å². The molecule has 0 heterocycles. The molecule has 0 N–H and O–H groups in total. The number of hydrogen-bond donors (Lipinski definition) is 0. The third kappa shape index (κ3) is 8.38. The van der Waals surface area contributed by atoms with Crippen molar-refractivity contribution in [2.75, 3.05) is 6.54 Å². The predicted molar refractivity (Wildman–Crippen MR) is 64.3 cm³/mol. The minimum absolute atomic E-state index is 0.592. The van der Waals surface area contributed by atoms with Gasteiger partial charge in [-0.25, -0.2) is 9.79 Å². The molecule has 0 unspecified atom stereocenters. The number of aliphatic imine (C=N–C) groups is 1. The van der Waals surface area contributed by atoms with Crippen molar-refractivity contribution in [3.63, 3.8) is 0 Å². The van der Waals surface area contributed by atoms with E-state index in [1.807, 2.05) is 0 Å². The molecule has 0 atom stereocenters. The Morgan fingerprint density at radius 2 is 1.79 bits per heavy atom. The zero-order chi connectivity index (χ0) is 11.2. The number of nitrogens with zero attached hydrogens (tertiary/aromatic N) is 1. The molecule has 0 bridgehead atoms. The molecule has 0 rings (SSSR count). The van der Waals surface area contributed by atoms with E-state index in [9.17, 15) is 4.79 Å². The van der Waals surface area contributed by atoms with E-state index in [2.05, 4.69) is 37.7 Å². The molecule has 0 saturated heterocycles. The lowest BCUT2D eigenvalue weighted by Gasteiger charge is -2.31. The number of isocyanates is 1. The maximum atomic E-state index is 9.85. The van der Waals surface area contributed by atoms with E-state index >= 15 is 0 Å². The van der Waals surface area contributed by atoms with Crippen LogP contribution in [0, 0.1) is 0 Å². The molecular formula is C9H21NO2Si2. The standard InChI is InChI=1S/C9H21NO2Si2/c1-13(2,3)12-14(4,5)8-6-7-10-9-11/h6-8H2,1-5H3. The lowest BCUT2D eigenvalue weighted by molar-refractivity contribution is 0.543. The molecule has 0 spiro atoms. The maximum Gasteiger partial charge on any atom is 0.234 e. The maximum absolute atomic E-state index is 9.85. The van der Waals surface area contributed by atoms with Crippen molar-refractivity contribution < 1.29 is 8.91 Å². The summed E-state index contributed by atoms with van der Waals surface area (Å²) in [5.74, 6) is 0. The van der Waals surface area contributed by atoms with Crippen LogP contribution in [0.3, 0.4) is 0 Å². The SMILES string of the molecule is C[Si](C)(C)O[Si](C)(C)CCCN=C=O. The molecule has 0 fully saturated rings. The molecule has 0 aromatic rings. The molecule has 0 aliphatic carbocycles. The van der Waals surface area contributed by atoms with Crippen LogP contribution in [-0.2, 0) is 8.91 Å². The molecule has 0 radical (unpaired) electrons. The Kier molecular flexibility index (Phi) is 5.51. The van der Waals surface area contributed by atoms with Crippen molar-refractivity contribution in [2.45, 2.75) is 45.2 Å². The van der Waals surface area contributed by atoms with Crippen molar-refractivity contribution in [1.29, 1.82) is 0 Å². The third-order valence-electron chi connectivity index (χ3n) is 1.70. The second-order valence-electron chi connectivity index (χ2n) is 5.05. The normalized spacial score (nSPS) is 12.4. The average molecular weight is 231 g/mol. The quantitative estimate of drug-likeness (QED) is 0.305. The first-order chi connectivity index (χ1) is 6.27. The summed E-state index contributed by atoms with van der Waals surface area (Å²) in [4.78, 5) is 13.4. The van der Waals surface area contributed by atoms with Crippen LogP contribution in [-0.4, -0.2) is 29.3 Å². The lowest BCUT2D eigenvalue weighted by Crippen LogP contribution is -2.42. The van der Waals surface area contributed by atoms with Gasteiger partial charge in [-0.2, -0.15) is 0 Å². The topological polar surface area (TPSA) is 38.7 Å². The fourth-order valence-corrected chi connectivity index (χ4v) is 9.56. The Morgan fingerprint density at radius 3 is 2.21 bits per heavy atom. The molecule has 0 aromatic carbocycles. The van der Waals surface area contributed by atoms with Gasteiger partial charge in [0.1, 0.15) is 0 Å². The molecule has 0 aliphatic rings. The van der Waals surface area contributed by atoms with Gasteiger partial charge >= 0.3 is 0 Å². The Morgan fingerprint density at radius 1 is 1.21 bits per heavy atom. The highest BCUT2D eigenvalue weighted by Crippen LogP contribution is 2.19. The highest BCUT2D eigenvalue weighted by molar-refractivity contribution is 6.84. The first-order valence-corrected chi connectivity index (χ1v) is 11.5. The lowest BCUT2D eigenvalue weighted by atomic mass is 10.5. The summed E-state index contributed by atoms with van der Waals surface area (Å²) in [5.41, 5.74) is 0. The van der Waals surface area contributed by atoms with Gasteiger partial charge in [0.05, 0.1) is 6.54 Å². The van der Waals surface area contributed by atoms with Gasteiger partial charge in [-0.1, -0.05) is 0 Å². The van der Waals surface area contributed by atoms with Crippen LogP contribution in [0.1, 0.15) is 6.42 Å². The fourth-order valence-electron chi connectivity index (χ4n) is 1.51. The molecule has 82 valence electrons. The van der Waals surface area contributed by atoms with Gasteiger partial charge < -0.3 is 4.12 Å². The van der Waals surface area contributed by atoms with Crippen LogP contribution in [0.2, 0.25) is 38.8 Å². The molecule has 0 aliphatic heterocycles. The second-order valence-corrected chi connectivity index (χ2v) is 14.1. The molecule has 0 amide bonds. The van der Waals surface area contributed by atoms with Crippen LogP contribution in [0.25, 0.3) is 0 Å². The number of carbonyl (C=O) groups excluding carboxylic acids is 1. The van der Waals surface area contributed by atoms with Crippen molar-refractivity contribution in [3.8, 4) is 0 Å². The van der Waals surface area contributed by atoms with Crippen LogP contribution < -0.4 is 0 Å². The minimum Gasteiger partial charge on any atom is -0.456 e. The van der Waals surface area contributed by atoms with Gasteiger partial charge in [0.2, 0.25) is 6.08 Å². The van der Waals surface area contributed by atoms with E-state index in [-0.39, 0.29) is 0 Å². The summed E-state index contributed by atoms with van der Waals surface area (Å²) >= 11 is 0. The Labute approximate surface area is 88.8 Å². The van der Waals surface area contributed by atoms with Gasteiger partial charge in [-0.15, -0.1) is 0 Å². The monoisotopic (exact) mass is 231 g/mol. The van der Waals surface area contributed by atoms with Gasteiger partial charge in [0, 0.05) is 0 Å². The van der Waals surface area contributed by atoms with Gasteiger partial charge in [-0.3, -0.25) is 0 Å². The number of rotatable bonds is 6. The summed E-state index contributed by atoms with van der Waals surface area (Å²) in [6.07, 6.45) is 2.50. The summed E-state index contributed by atoms with van der Waals surface area (Å²) in [6.45, 7) is 11.7. The third-order valence-corrected chi connectivity index (χ3v) is 7.91. The smallest absolute Gasteiger partial charge is 0.234 e. The van der Waals surface area contributed by atoms with E-state index in [0.717, 1.165) is 12.5 Å². The summed E-state index contributed by atoms with van der Waals surface area (Å²) in [7, 11) is -2.92.